The highest BCUT2D eigenvalue weighted by molar-refractivity contribution is 5.70. The molecule has 0 unspecified atom stereocenters. The van der Waals surface area contributed by atoms with Gasteiger partial charge in [0, 0.05) is 25.9 Å². The molecule has 2 N–H and O–H groups in total. The first-order valence-corrected chi connectivity index (χ1v) is 5.84. The molecule has 1 aliphatic heterocycles. The van der Waals surface area contributed by atoms with Crippen LogP contribution in [0.3, 0.4) is 0 Å². The van der Waals surface area contributed by atoms with Crippen LogP contribution < -0.4 is 5.32 Å². The van der Waals surface area contributed by atoms with Gasteiger partial charge in [-0.3, -0.25) is 4.79 Å². The number of carboxylic acid groups (broad SMARTS) is 1. The summed E-state index contributed by atoms with van der Waals surface area (Å²) in [5.74, 6) is -3.17. The third-order valence-corrected chi connectivity index (χ3v) is 2.53. The lowest BCUT2D eigenvalue weighted by atomic mass is 10.1. The monoisotopic (exact) mass is 257 g/mol. The van der Waals surface area contributed by atoms with Gasteiger partial charge in [0.1, 0.15) is 0 Å². The van der Waals surface area contributed by atoms with Crippen LogP contribution in [0.25, 0.3) is 0 Å². The number of hydrogen-bond acceptors (Lipinski definition) is 2. The van der Waals surface area contributed by atoms with Crippen LogP contribution in [0.1, 0.15) is 18.4 Å². The molecule has 100 valence electrons. The lowest BCUT2D eigenvalue weighted by Gasteiger charge is -2.21. The predicted molar refractivity (Wildman–Crippen MR) is 64.8 cm³/mol. The van der Waals surface area contributed by atoms with Crippen LogP contribution in [-0.4, -0.2) is 30.1 Å². The molecule has 1 saturated heterocycles. The number of piperidine rings is 1. The molecule has 0 saturated carbocycles. The van der Waals surface area contributed by atoms with Gasteiger partial charge < -0.3 is 10.4 Å². The number of carboxylic acids is 1. The maximum Gasteiger partial charge on any atom is 0.307 e. The highest BCUT2D eigenvalue weighted by Crippen LogP contribution is 2.23. The van der Waals surface area contributed by atoms with Crippen LogP contribution in [0.5, 0.6) is 0 Å². The van der Waals surface area contributed by atoms with Gasteiger partial charge in [0.05, 0.1) is 6.42 Å². The van der Waals surface area contributed by atoms with E-state index >= 15 is 0 Å². The van der Waals surface area contributed by atoms with Crippen LogP contribution in [0.4, 0.5) is 8.78 Å². The SMILES string of the molecule is FC1(F)CCNCC1.O=C(O)Cc1ccccc1. The molecule has 0 aliphatic carbocycles. The third-order valence-electron chi connectivity index (χ3n) is 2.53. The largest absolute Gasteiger partial charge is 0.481 e. The van der Waals surface area contributed by atoms with Crippen molar-refractivity contribution >= 4 is 5.97 Å². The Labute approximate surface area is 105 Å². The van der Waals surface area contributed by atoms with Crippen LogP contribution in [-0.2, 0) is 11.2 Å². The Kier molecular flexibility index (Phi) is 5.71. The van der Waals surface area contributed by atoms with E-state index in [-0.39, 0.29) is 19.3 Å². The summed E-state index contributed by atoms with van der Waals surface area (Å²) in [6.07, 6.45) is 0.126. The highest BCUT2D eigenvalue weighted by Gasteiger charge is 2.30. The van der Waals surface area contributed by atoms with Crippen molar-refractivity contribution in [3.8, 4) is 0 Å². The molecule has 1 fully saturated rings. The Morgan fingerprint density at radius 2 is 1.78 bits per heavy atom. The van der Waals surface area contributed by atoms with Crippen LogP contribution in [0, 0.1) is 0 Å². The minimum Gasteiger partial charge on any atom is -0.481 e. The molecule has 0 radical (unpaired) electrons. The van der Waals surface area contributed by atoms with Crippen molar-refractivity contribution in [3.05, 3.63) is 35.9 Å². The van der Waals surface area contributed by atoms with Gasteiger partial charge in [-0.1, -0.05) is 30.3 Å². The number of nitrogens with one attached hydrogen (secondary N) is 1. The molecular weight excluding hydrogens is 240 g/mol. The van der Waals surface area contributed by atoms with Gasteiger partial charge in [0.25, 0.3) is 5.92 Å². The average Bonchev–Trinajstić information content (AvgIpc) is 2.30. The van der Waals surface area contributed by atoms with E-state index in [4.69, 9.17) is 5.11 Å². The van der Waals surface area contributed by atoms with E-state index in [1.54, 1.807) is 12.1 Å². The molecule has 0 atom stereocenters. The fourth-order valence-electron chi connectivity index (χ4n) is 1.56. The molecule has 1 aliphatic rings. The van der Waals surface area contributed by atoms with E-state index in [0.29, 0.717) is 13.1 Å². The van der Waals surface area contributed by atoms with E-state index in [1.165, 1.54) is 0 Å². The molecule has 18 heavy (non-hydrogen) atoms. The zero-order chi connectivity index (χ0) is 13.4. The maximum atomic E-state index is 12.2. The minimum absolute atomic E-state index is 0.00694. The van der Waals surface area contributed by atoms with Crippen molar-refractivity contribution in [1.29, 1.82) is 0 Å². The topological polar surface area (TPSA) is 49.3 Å². The molecule has 0 bridgehead atoms. The van der Waals surface area contributed by atoms with E-state index in [9.17, 15) is 13.6 Å². The predicted octanol–water partition coefficient (Wildman–Crippen LogP) is 2.32. The van der Waals surface area contributed by atoms with Gasteiger partial charge in [-0.15, -0.1) is 0 Å². The van der Waals surface area contributed by atoms with E-state index in [1.807, 2.05) is 18.2 Å². The summed E-state index contributed by atoms with van der Waals surface area (Å²) in [5, 5.41) is 11.2. The zero-order valence-electron chi connectivity index (χ0n) is 10.0. The molecule has 2 rings (SSSR count). The summed E-state index contributed by atoms with van der Waals surface area (Å²) in [7, 11) is 0. The minimum atomic E-state index is -2.38. The molecular formula is C13H17F2NO2. The third kappa shape index (κ3) is 6.30. The molecule has 0 spiro atoms. The van der Waals surface area contributed by atoms with E-state index < -0.39 is 11.9 Å². The van der Waals surface area contributed by atoms with Crippen LogP contribution in [0.15, 0.2) is 30.3 Å². The molecule has 0 amide bonds. The Balaban J connectivity index is 0.000000184. The number of halogens is 2. The lowest BCUT2D eigenvalue weighted by Crippen LogP contribution is -2.35. The second-order valence-corrected chi connectivity index (χ2v) is 4.16. The van der Waals surface area contributed by atoms with E-state index in [2.05, 4.69) is 5.32 Å². The Hall–Kier alpha value is -1.49. The van der Waals surface area contributed by atoms with E-state index in [0.717, 1.165) is 5.56 Å². The number of hydrogen-bond donors (Lipinski definition) is 2. The van der Waals surface area contributed by atoms with Gasteiger partial charge in [-0.2, -0.15) is 0 Å². The van der Waals surface area contributed by atoms with Crippen molar-refractivity contribution in [1.82, 2.24) is 5.32 Å². The first-order chi connectivity index (χ1) is 8.49. The van der Waals surface area contributed by atoms with Crippen LogP contribution >= 0.6 is 0 Å². The van der Waals surface area contributed by atoms with Gasteiger partial charge in [0.2, 0.25) is 0 Å². The van der Waals surface area contributed by atoms with Crippen molar-refractivity contribution in [2.45, 2.75) is 25.2 Å². The van der Waals surface area contributed by atoms with Gasteiger partial charge >= 0.3 is 5.97 Å². The van der Waals surface area contributed by atoms with Crippen molar-refractivity contribution < 1.29 is 18.7 Å². The Morgan fingerprint density at radius 1 is 1.22 bits per heavy atom. The number of carbonyl (C=O) groups is 1. The second kappa shape index (κ2) is 7.06. The highest BCUT2D eigenvalue weighted by atomic mass is 19.3. The number of rotatable bonds is 2. The second-order valence-electron chi connectivity index (χ2n) is 4.16. The number of benzene rings is 1. The quantitative estimate of drug-likeness (QED) is 0.854. The summed E-state index contributed by atoms with van der Waals surface area (Å²) in [5.41, 5.74) is 0.843. The fraction of sp³-hybridized carbons (Fsp3) is 0.462. The standard InChI is InChI=1S/C8H8O2.C5H9F2N/c9-8(10)6-7-4-2-1-3-5-7;6-5(7)1-3-8-4-2-5/h1-5H,6H2,(H,9,10);8H,1-4H2. The smallest absolute Gasteiger partial charge is 0.307 e. The Morgan fingerprint density at radius 3 is 2.17 bits per heavy atom. The Bertz CT molecular complexity index is 361. The van der Waals surface area contributed by atoms with Crippen molar-refractivity contribution in [2.24, 2.45) is 0 Å². The summed E-state index contributed by atoms with van der Waals surface area (Å²) in [6, 6.07) is 9.13. The fourth-order valence-corrected chi connectivity index (χ4v) is 1.56. The molecule has 1 aromatic rings. The first kappa shape index (κ1) is 14.6. The lowest BCUT2D eigenvalue weighted by molar-refractivity contribution is -0.136. The molecule has 3 nitrogen and oxygen atoms in total. The molecule has 1 aromatic carbocycles. The molecule has 1 heterocycles. The van der Waals surface area contributed by atoms with Gasteiger partial charge in [0.15, 0.2) is 0 Å². The normalized spacial score (nSPS) is 17.4. The summed E-state index contributed by atoms with van der Waals surface area (Å²) in [4.78, 5) is 10.2. The van der Waals surface area contributed by atoms with Crippen LogP contribution in [0.2, 0.25) is 0 Å². The summed E-state index contributed by atoms with van der Waals surface area (Å²) >= 11 is 0. The van der Waals surface area contributed by atoms with Crippen molar-refractivity contribution in [2.75, 3.05) is 13.1 Å². The van der Waals surface area contributed by atoms with Gasteiger partial charge in [-0.05, 0) is 5.56 Å². The van der Waals surface area contributed by atoms with Crippen molar-refractivity contribution in [3.63, 3.8) is 0 Å². The van der Waals surface area contributed by atoms with Gasteiger partial charge in [-0.25, -0.2) is 8.78 Å². The first-order valence-electron chi connectivity index (χ1n) is 5.84. The summed E-state index contributed by atoms with van der Waals surface area (Å²) < 4.78 is 24.3. The maximum absolute atomic E-state index is 12.2. The molecule has 5 heteroatoms. The average molecular weight is 257 g/mol. The molecule has 0 aromatic heterocycles. The number of alkyl halides is 2. The summed E-state index contributed by atoms with van der Waals surface area (Å²) in [6.45, 7) is 0.931. The number of aliphatic carboxylic acids is 1. The zero-order valence-corrected chi connectivity index (χ0v) is 10.0.